The van der Waals surface area contributed by atoms with E-state index < -0.39 is 15.4 Å². The fraction of sp³-hybridized carbons (Fsp3) is 0.917. The molecule has 18 heavy (non-hydrogen) atoms. The van der Waals surface area contributed by atoms with Gasteiger partial charge in [0.1, 0.15) is 0 Å². The molecule has 0 bridgehead atoms. The predicted molar refractivity (Wildman–Crippen MR) is 69.9 cm³/mol. The maximum atomic E-state index is 11.6. The van der Waals surface area contributed by atoms with Gasteiger partial charge in [-0.1, -0.05) is 13.3 Å². The summed E-state index contributed by atoms with van der Waals surface area (Å²) < 4.78 is 22.5. The van der Waals surface area contributed by atoms with Gasteiger partial charge in [0, 0.05) is 13.0 Å². The van der Waals surface area contributed by atoms with E-state index in [0.29, 0.717) is 12.8 Å². The van der Waals surface area contributed by atoms with Crippen molar-refractivity contribution in [1.29, 1.82) is 0 Å². The minimum absolute atomic E-state index is 0.0638. The first-order valence-corrected chi connectivity index (χ1v) is 8.26. The highest BCUT2D eigenvalue weighted by atomic mass is 32.2. The molecule has 1 rings (SSSR count). The molecular weight excluding hydrogens is 254 g/mol. The molecule has 2 N–H and O–H groups in total. The third kappa shape index (κ3) is 5.35. The summed E-state index contributed by atoms with van der Waals surface area (Å²) in [4.78, 5) is 11.6. The number of carbonyl (C=O) groups excluding carboxylic acids is 1. The van der Waals surface area contributed by atoms with Crippen LogP contribution in [0.25, 0.3) is 0 Å². The second kappa shape index (κ2) is 6.02. The zero-order valence-corrected chi connectivity index (χ0v) is 11.9. The normalized spacial score (nSPS) is 25.6. The van der Waals surface area contributed by atoms with E-state index in [1.54, 1.807) is 6.92 Å². The molecule has 1 amide bonds. The number of amides is 1. The number of rotatable bonds is 6. The van der Waals surface area contributed by atoms with Crippen LogP contribution < -0.4 is 5.32 Å². The van der Waals surface area contributed by atoms with Crippen LogP contribution in [0.2, 0.25) is 0 Å². The van der Waals surface area contributed by atoms with Crippen LogP contribution in [-0.2, 0) is 14.6 Å². The summed E-state index contributed by atoms with van der Waals surface area (Å²) in [5.41, 5.74) is -0.883. The van der Waals surface area contributed by atoms with Crippen LogP contribution in [0.1, 0.15) is 39.5 Å². The molecule has 0 aromatic carbocycles. The van der Waals surface area contributed by atoms with Crippen LogP contribution in [0.15, 0.2) is 0 Å². The van der Waals surface area contributed by atoms with Gasteiger partial charge >= 0.3 is 0 Å². The van der Waals surface area contributed by atoms with Crippen molar-refractivity contribution >= 4 is 15.7 Å². The minimum atomic E-state index is -2.92. The topological polar surface area (TPSA) is 83.5 Å². The Morgan fingerprint density at radius 3 is 2.67 bits per heavy atom. The Morgan fingerprint density at radius 2 is 2.17 bits per heavy atom. The predicted octanol–water partition coefficient (Wildman–Crippen LogP) is 0.479. The molecular formula is C12H23NO4S. The number of carbonyl (C=O) groups is 1. The molecule has 5 nitrogen and oxygen atoms in total. The van der Waals surface area contributed by atoms with Gasteiger partial charge in [0.05, 0.1) is 17.1 Å². The average Bonchev–Trinajstić information content (AvgIpc) is 2.55. The molecule has 6 heteroatoms. The van der Waals surface area contributed by atoms with Crippen molar-refractivity contribution in [2.45, 2.75) is 45.1 Å². The van der Waals surface area contributed by atoms with Gasteiger partial charge in [-0.05, 0) is 25.7 Å². The Hall–Kier alpha value is -0.620. The first kappa shape index (κ1) is 15.4. The van der Waals surface area contributed by atoms with E-state index in [-0.39, 0.29) is 36.3 Å². The van der Waals surface area contributed by atoms with Gasteiger partial charge in [-0.3, -0.25) is 4.79 Å². The fourth-order valence-corrected chi connectivity index (χ4v) is 4.15. The molecule has 0 aromatic rings. The molecule has 0 aromatic heterocycles. The Morgan fingerprint density at radius 1 is 1.50 bits per heavy atom. The second-order valence-corrected chi connectivity index (χ2v) is 7.73. The van der Waals surface area contributed by atoms with Gasteiger partial charge in [0.2, 0.25) is 5.91 Å². The quantitative estimate of drug-likeness (QED) is 0.739. The molecule has 2 atom stereocenters. The summed E-state index contributed by atoms with van der Waals surface area (Å²) in [7, 11) is -2.92. The zero-order valence-electron chi connectivity index (χ0n) is 11.1. The largest absolute Gasteiger partial charge is 0.388 e. The molecule has 0 saturated carbocycles. The fourth-order valence-electron chi connectivity index (χ4n) is 2.28. The van der Waals surface area contributed by atoms with Crippen LogP contribution in [-0.4, -0.2) is 43.1 Å². The first-order chi connectivity index (χ1) is 8.24. The van der Waals surface area contributed by atoms with Crippen LogP contribution in [0.3, 0.4) is 0 Å². The number of hydrogen-bond donors (Lipinski definition) is 2. The van der Waals surface area contributed by atoms with Crippen LogP contribution in [0.4, 0.5) is 0 Å². The van der Waals surface area contributed by atoms with Crippen molar-refractivity contribution < 1.29 is 18.3 Å². The maximum Gasteiger partial charge on any atom is 0.220 e. The number of aliphatic hydroxyl groups is 1. The lowest BCUT2D eigenvalue weighted by Crippen LogP contribution is -2.41. The van der Waals surface area contributed by atoms with E-state index in [2.05, 4.69) is 5.32 Å². The molecule has 0 spiro atoms. The van der Waals surface area contributed by atoms with Crippen molar-refractivity contribution in [2.75, 3.05) is 18.1 Å². The van der Waals surface area contributed by atoms with Crippen molar-refractivity contribution in [3.63, 3.8) is 0 Å². The minimum Gasteiger partial charge on any atom is -0.388 e. The van der Waals surface area contributed by atoms with Crippen molar-refractivity contribution in [1.82, 2.24) is 5.32 Å². The molecule has 1 saturated heterocycles. The summed E-state index contributed by atoms with van der Waals surface area (Å²) in [6.45, 7) is 3.88. The van der Waals surface area contributed by atoms with E-state index in [1.165, 1.54) is 0 Å². The van der Waals surface area contributed by atoms with E-state index in [1.807, 2.05) is 6.92 Å². The third-order valence-corrected chi connectivity index (χ3v) is 5.09. The molecule has 0 radical (unpaired) electrons. The molecule has 0 aliphatic carbocycles. The van der Waals surface area contributed by atoms with Crippen LogP contribution >= 0.6 is 0 Å². The Bertz CT molecular complexity index is 389. The smallest absolute Gasteiger partial charge is 0.220 e. The molecule has 106 valence electrons. The van der Waals surface area contributed by atoms with Gasteiger partial charge in [-0.25, -0.2) is 8.42 Å². The van der Waals surface area contributed by atoms with Gasteiger partial charge < -0.3 is 10.4 Å². The van der Waals surface area contributed by atoms with E-state index in [4.69, 9.17) is 0 Å². The highest BCUT2D eigenvalue weighted by Gasteiger charge is 2.29. The highest BCUT2D eigenvalue weighted by molar-refractivity contribution is 7.91. The summed E-state index contributed by atoms with van der Waals surface area (Å²) in [6, 6.07) is 0. The first-order valence-electron chi connectivity index (χ1n) is 6.43. The van der Waals surface area contributed by atoms with Gasteiger partial charge in [-0.2, -0.15) is 0 Å². The van der Waals surface area contributed by atoms with E-state index >= 15 is 0 Å². The number of nitrogens with one attached hydrogen (secondary N) is 1. The summed E-state index contributed by atoms with van der Waals surface area (Å²) >= 11 is 0. The maximum absolute atomic E-state index is 11.6. The average molecular weight is 277 g/mol. The number of sulfone groups is 1. The van der Waals surface area contributed by atoms with Gasteiger partial charge in [-0.15, -0.1) is 0 Å². The molecule has 2 unspecified atom stereocenters. The lowest BCUT2D eigenvalue weighted by atomic mass is 10.00. The highest BCUT2D eigenvalue weighted by Crippen LogP contribution is 2.21. The molecule has 1 fully saturated rings. The summed E-state index contributed by atoms with van der Waals surface area (Å²) in [5, 5.41) is 12.6. The van der Waals surface area contributed by atoms with Crippen molar-refractivity contribution in [3.05, 3.63) is 0 Å². The Balaban J connectivity index is 2.30. The SMILES string of the molecule is CCCC(C)(O)CNC(=O)CC1CCS(=O)(=O)C1. The summed E-state index contributed by atoms with van der Waals surface area (Å²) in [5.74, 6) is 0.0733. The lowest BCUT2D eigenvalue weighted by Gasteiger charge is -2.23. The molecule has 1 heterocycles. The van der Waals surface area contributed by atoms with Crippen molar-refractivity contribution in [3.8, 4) is 0 Å². The Kier molecular flexibility index (Phi) is 5.16. The number of hydrogen-bond acceptors (Lipinski definition) is 4. The summed E-state index contributed by atoms with van der Waals surface area (Å²) in [6.07, 6.45) is 2.29. The van der Waals surface area contributed by atoms with E-state index in [0.717, 1.165) is 6.42 Å². The zero-order chi connectivity index (χ0) is 13.8. The monoisotopic (exact) mass is 277 g/mol. The standard InChI is InChI=1S/C12H23NO4S/c1-3-5-12(2,15)9-13-11(14)7-10-4-6-18(16,17)8-10/h10,15H,3-9H2,1-2H3,(H,13,14). The second-order valence-electron chi connectivity index (χ2n) is 5.50. The van der Waals surface area contributed by atoms with E-state index in [9.17, 15) is 18.3 Å². The lowest BCUT2D eigenvalue weighted by molar-refractivity contribution is -0.123. The van der Waals surface area contributed by atoms with Gasteiger partial charge in [0.15, 0.2) is 9.84 Å². The van der Waals surface area contributed by atoms with Gasteiger partial charge in [0.25, 0.3) is 0 Å². The third-order valence-electron chi connectivity index (χ3n) is 3.26. The van der Waals surface area contributed by atoms with Crippen LogP contribution in [0, 0.1) is 5.92 Å². The Labute approximate surface area is 109 Å². The van der Waals surface area contributed by atoms with Crippen molar-refractivity contribution in [2.24, 2.45) is 5.92 Å². The molecule has 1 aliphatic heterocycles. The molecule has 1 aliphatic rings. The van der Waals surface area contributed by atoms with Crippen LogP contribution in [0.5, 0.6) is 0 Å².